The molecule has 1 N–H and O–H groups in total. The fourth-order valence-electron chi connectivity index (χ4n) is 3.81. The van der Waals surface area contributed by atoms with E-state index in [9.17, 15) is 14.4 Å². The van der Waals surface area contributed by atoms with E-state index >= 15 is 0 Å². The van der Waals surface area contributed by atoms with E-state index in [1.54, 1.807) is 38.1 Å². The van der Waals surface area contributed by atoms with Gasteiger partial charge in [-0.2, -0.15) is 0 Å². The number of carbonyl (C=O) groups excluding carboxylic acids is 2. The van der Waals surface area contributed by atoms with Crippen LogP contribution in [0.5, 0.6) is 5.75 Å². The molecular weight excluding hydrogens is 622 g/mol. The van der Waals surface area contributed by atoms with Gasteiger partial charge in [0.25, 0.3) is 11.8 Å². The highest BCUT2D eigenvalue weighted by Crippen LogP contribution is 2.28. The summed E-state index contributed by atoms with van der Waals surface area (Å²) < 4.78 is 53.9. The zero-order valence-corrected chi connectivity index (χ0v) is 27.4. The van der Waals surface area contributed by atoms with Crippen molar-refractivity contribution in [3.05, 3.63) is 35.4 Å². The van der Waals surface area contributed by atoms with Crippen LogP contribution < -0.4 is 9.64 Å². The smallest absolute Gasteiger partial charge is 0.329 e. The van der Waals surface area contributed by atoms with Crippen molar-refractivity contribution in [1.29, 1.82) is 0 Å². The Hall–Kier alpha value is -2.99. The fourth-order valence-corrected chi connectivity index (χ4v) is 3.81. The molecule has 2 rings (SSSR count). The van der Waals surface area contributed by atoms with Crippen molar-refractivity contribution in [3.63, 3.8) is 0 Å². The van der Waals surface area contributed by atoms with Gasteiger partial charge in [0.1, 0.15) is 19.0 Å². The number of benzene rings is 1. The van der Waals surface area contributed by atoms with Crippen molar-refractivity contribution in [2.24, 2.45) is 0 Å². The minimum atomic E-state index is -1.00. The first-order valence-corrected chi connectivity index (χ1v) is 15.6. The van der Waals surface area contributed by atoms with Crippen LogP contribution in [0.15, 0.2) is 35.4 Å². The standard InChI is InChI=1S/C32H49NO14/c1-26-27(2)32(37)33(31(26)36)28-3-5-29(6-4-28)47-24-23-45-20-19-43-16-15-41-12-11-39-8-7-38-9-10-40-13-14-42-17-18-44-21-22-46-25-30(34)35/h3-6H,7-25H2,1-2H3,(H,34,35). The minimum absolute atomic E-state index is 0.233. The number of nitrogens with zero attached hydrogens (tertiary/aromatic N) is 1. The van der Waals surface area contributed by atoms with Gasteiger partial charge in [-0.15, -0.1) is 0 Å². The summed E-state index contributed by atoms with van der Waals surface area (Å²) in [4.78, 5) is 36.0. The minimum Gasteiger partial charge on any atom is -0.491 e. The number of carboxylic acid groups (broad SMARTS) is 1. The molecule has 1 aliphatic rings. The molecule has 0 spiro atoms. The third kappa shape index (κ3) is 18.2. The molecule has 0 aliphatic carbocycles. The van der Waals surface area contributed by atoms with Crippen LogP contribution in [0.4, 0.5) is 5.69 Å². The molecule has 1 heterocycles. The Kier molecular flexibility index (Phi) is 22.2. The van der Waals surface area contributed by atoms with Gasteiger partial charge in [-0.1, -0.05) is 0 Å². The zero-order chi connectivity index (χ0) is 34.0. The Balaban J connectivity index is 1.25. The van der Waals surface area contributed by atoms with Gasteiger partial charge in [0.05, 0.1) is 118 Å². The van der Waals surface area contributed by atoms with Gasteiger partial charge in [-0.25, -0.2) is 9.69 Å². The van der Waals surface area contributed by atoms with Gasteiger partial charge in [-0.3, -0.25) is 9.59 Å². The number of anilines is 1. The monoisotopic (exact) mass is 671 g/mol. The highest BCUT2D eigenvalue weighted by Gasteiger charge is 2.34. The van der Waals surface area contributed by atoms with E-state index in [1.165, 1.54) is 4.90 Å². The van der Waals surface area contributed by atoms with E-state index in [2.05, 4.69) is 0 Å². The van der Waals surface area contributed by atoms with Crippen LogP contribution >= 0.6 is 0 Å². The average molecular weight is 672 g/mol. The lowest BCUT2D eigenvalue weighted by molar-refractivity contribution is -0.142. The zero-order valence-electron chi connectivity index (χ0n) is 27.4. The molecule has 1 aromatic carbocycles. The van der Waals surface area contributed by atoms with Crippen molar-refractivity contribution in [3.8, 4) is 5.75 Å². The second kappa shape index (κ2) is 26.0. The Morgan fingerprint density at radius 2 is 0.809 bits per heavy atom. The molecule has 1 aromatic rings. The first kappa shape index (κ1) is 40.2. The SMILES string of the molecule is CC1=C(C)C(=O)N(c2ccc(OCCOCCOCCOCCOCCOCCOCCOCCOCCOCC(=O)O)cc2)C1=O. The summed E-state index contributed by atoms with van der Waals surface area (Å²) in [6, 6.07) is 6.80. The van der Waals surface area contributed by atoms with Gasteiger partial charge in [0.15, 0.2) is 0 Å². The summed E-state index contributed by atoms with van der Waals surface area (Å²) in [7, 11) is 0. The Morgan fingerprint density at radius 1 is 0.511 bits per heavy atom. The molecule has 15 nitrogen and oxygen atoms in total. The fraction of sp³-hybridized carbons (Fsp3) is 0.656. The average Bonchev–Trinajstić information content (AvgIpc) is 3.25. The van der Waals surface area contributed by atoms with Crippen LogP contribution in [0, 0.1) is 0 Å². The summed E-state index contributed by atoms with van der Waals surface area (Å²) in [5.74, 6) is -0.975. The number of hydrogen-bond acceptors (Lipinski definition) is 13. The first-order chi connectivity index (χ1) is 22.9. The number of aliphatic carboxylic acids is 1. The molecule has 47 heavy (non-hydrogen) atoms. The molecule has 0 saturated carbocycles. The molecule has 0 unspecified atom stereocenters. The lowest BCUT2D eigenvalue weighted by atomic mass is 10.2. The molecule has 0 fully saturated rings. The van der Waals surface area contributed by atoms with E-state index in [1.807, 2.05) is 0 Å². The predicted octanol–water partition coefficient (Wildman–Crippen LogP) is 1.51. The maximum atomic E-state index is 12.3. The largest absolute Gasteiger partial charge is 0.491 e. The number of carboxylic acids is 1. The van der Waals surface area contributed by atoms with Gasteiger partial charge in [0, 0.05) is 11.1 Å². The highest BCUT2D eigenvalue weighted by atomic mass is 16.6. The normalized spacial score (nSPS) is 13.3. The van der Waals surface area contributed by atoms with Crippen LogP contribution in [-0.4, -0.2) is 148 Å². The molecule has 0 aromatic heterocycles. The molecule has 0 bridgehead atoms. The Bertz CT molecular complexity index is 1020. The summed E-state index contributed by atoms with van der Waals surface area (Å²) in [5, 5.41) is 8.42. The third-order valence-corrected chi connectivity index (χ3v) is 6.40. The number of hydrogen-bond donors (Lipinski definition) is 1. The first-order valence-electron chi connectivity index (χ1n) is 15.6. The van der Waals surface area contributed by atoms with Crippen LogP contribution in [0.3, 0.4) is 0 Å². The quantitative estimate of drug-likeness (QED) is 0.0891. The maximum absolute atomic E-state index is 12.3. The van der Waals surface area contributed by atoms with Gasteiger partial charge in [0.2, 0.25) is 0 Å². The van der Waals surface area contributed by atoms with Crippen LogP contribution in [0.25, 0.3) is 0 Å². The molecule has 15 heteroatoms. The van der Waals surface area contributed by atoms with E-state index < -0.39 is 5.97 Å². The third-order valence-electron chi connectivity index (χ3n) is 6.40. The second-order valence-corrected chi connectivity index (χ2v) is 9.88. The highest BCUT2D eigenvalue weighted by molar-refractivity contribution is 6.32. The van der Waals surface area contributed by atoms with Gasteiger partial charge in [-0.05, 0) is 38.1 Å². The van der Waals surface area contributed by atoms with Gasteiger partial charge < -0.3 is 52.5 Å². The molecule has 266 valence electrons. The van der Waals surface area contributed by atoms with Crippen LogP contribution in [-0.2, 0) is 57.0 Å². The van der Waals surface area contributed by atoms with Crippen molar-refractivity contribution in [2.75, 3.05) is 130 Å². The molecular formula is C32H49NO14. The summed E-state index contributed by atoms with van der Waals surface area (Å²) in [6.45, 7) is 10.6. The lowest BCUT2D eigenvalue weighted by Gasteiger charge is -2.15. The van der Waals surface area contributed by atoms with E-state index in [0.717, 1.165) is 0 Å². The van der Waals surface area contributed by atoms with Crippen molar-refractivity contribution in [1.82, 2.24) is 0 Å². The maximum Gasteiger partial charge on any atom is 0.329 e. The van der Waals surface area contributed by atoms with Crippen LogP contribution in [0.2, 0.25) is 0 Å². The number of carbonyl (C=O) groups is 3. The number of amides is 2. The van der Waals surface area contributed by atoms with Crippen molar-refractivity contribution >= 4 is 23.5 Å². The second-order valence-electron chi connectivity index (χ2n) is 9.88. The molecule has 0 radical (unpaired) electrons. The summed E-state index contributed by atoms with van der Waals surface area (Å²) >= 11 is 0. The lowest BCUT2D eigenvalue weighted by Crippen LogP contribution is -2.31. The predicted molar refractivity (Wildman–Crippen MR) is 168 cm³/mol. The summed E-state index contributed by atoms with van der Waals surface area (Å²) in [5.41, 5.74) is 1.45. The number of imide groups is 1. The Labute approximate surface area is 275 Å². The number of rotatable bonds is 31. The van der Waals surface area contributed by atoms with E-state index in [4.69, 9.17) is 52.5 Å². The van der Waals surface area contributed by atoms with Gasteiger partial charge >= 0.3 is 5.97 Å². The molecule has 1 aliphatic heterocycles. The van der Waals surface area contributed by atoms with Crippen molar-refractivity contribution in [2.45, 2.75) is 13.8 Å². The molecule has 0 atom stereocenters. The molecule has 2 amide bonds. The van der Waals surface area contributed by atoms with E-state index in [0.29, 0.717) is 135 Å². The topological polar surface area (TPSA) is 167 Å². The summed E-state index contributed by atoms with van der Waals surface area (Å²) in [6.07, 6.45) is 0. The van der Waals surface area contributed by atoms with E-state index in [-0.39, 0.29) is 25.0 Å². The van der Waals surface area contributed by atoms with Crippen molar-refractivity contribution < 1.29 is 66.9 Å². The molecule has 0 saturated heterocycles. The number of ether oxygens (including phenoxy) is 10. The van der Waals surface area contributed by atoms with Crippen LogP contribution in [0.1, 0.15) is 13.8 Å². The Morgan fingerprint density at radius 3 is 1.13 bits per heavy atom.